The molecule has 0 saturated carbocycles. The molecule has 2 amide bonds. The van der Waals surface area contributed by atoms with Crippen LogP contribution >= 0.6 is 34.5 Å². The Kier molecular flexibility index (Phi) is 6.66. The fourth-order valence-corrected chi connectivity index (χ4v) is 3.31. The first-order valence-corrected chi connectivity index (χ1v) is 9.64. The van der Waals surface area contributed by atoms with E-state index in [4.69, 9.17) is 23.2 Å². The van der Waals surface area contributed by atoms with Gasteiger partial charge in [-0.3, -0.25) is 9.59 Å². The number of rotatable bonds is 5. The Morgan fingerprint density at radius 3 is 2.58 bits per heavy atom. The molecular weight excluding hydrogens is 393 g/mol. The number of benzene rings is 1. The Balaban J connectivity index is 1.97. The predicted molar refractivity (Wildman–Crippen MR) is 107 cm³/mol. The number of anilines is 1. The van der Waals surface area contributed by atoms with Crippen molar-refractivity contribution in [1.29, 1.82) is 0 Å². The maximum atomic E-state index is 12.2. The zero-order valence-corrected chi connectivity index (χ0v) is 17.4. The van der Waals surface area contributed by atoms with Crippen LogP contribution in [0.15, 0.2) is 24.4 Å². The second kappa shape index (κ2) is 8.37. The number of nitrogens with one attached hydrogen (secondary N) is 2. The van der Waals surface area contributed by atoms with E-state index in [2.05, 4.69) is 15.6 Å². The quantitative estimate of drug-likeness (QED) is 0.755. The maximum Gasteiger partial charge on any atom is 0.248 e. The van der Waals surface area contributed by atoms with Crippen molar-refractivity contribution < 1.29 is 9.59 Å². The average molecular weight is 414 g/mol. The lowest BCUT2D eigenvalue weighted by molar-refractivity contribution is -0.131. The highest BCUT2D eigenvalue weighted by atomic mass is 35.5. The number of thiazole rings is 1. The van der Waals surface area contributed by atoms with Crippen LogP contribution in [0.1, 0.15) is 38.1 Å². The van der Waals surface area contributed by atoms with Crippen molar-refractivity contribution in [2.75, 3.05) is 5.32 Å². The lowest BCUT2D eigenvalue weighted by Gasteiger charge is -2.21. The summed E-state index contributed by atoms with van der Waals surface area (Å²) in [6, 6.07) is 4.69. The molecule has 0 spiro atoms. The summed E-state index contributed by atoms with van der Waals surface area (Å²) in [4.78, 5) is 29.4. The molecule has 1 aromatic heterocycles. The summed E-state index contributed by atoms with van der Waals surface area (Å²) in [5.41, 5.74) is 0.379. The van der Waals surface area contributed by atoms with Gasteiger partial charge in [-0.2, -0.15) is 0 Å². The normalized spacial score (nSPS) is 12.5. The summed E-state index contributed by atoms with van der Waals surface area (Å²) in [7, 11) is 0. The van der Waals surface area contributed by atoms with E-state index in [1.807, 2.05) is 6.07 Å². The molecule has 0 saturated heterocycles. The van der Waals surface area contributed by atoms with Crippen molar-refractivity contribution in [2.24, 2.45) is 5.41 Å². The molecule has 1 atom stereocenters. The Labute approximate surface area is 167 Å². The molecule has 140 valence electrons. The van der Waals surface area contributed by atoms with Gasteiger partial charge in [0.25, 0.3) is 0 Å². The Morgan fingerprint density at radius 1 is 1.27 bits per heavy atom. The maximum absolute atomic E-state index is 12.2. The van der Waals surface area contributed by atoms with E-state index >= 15 is 0 Å². The second-order valence-electron chi connectivity index (χ2n) is 6.98. The van der Waals surface area contributed by atoms with Gasteiger partial charge in [0.05, 0.1) is 0 Å². The fourth-order valence-electron chi connectivity index (χ4n) is 1.99. The minimum Gasteiger partial charge on any atom is -0.344 e. The molecule has 0 aliphatic carbocycles. The van der Waals surface area contributed by atoms with Crippen LogP contribution in [-0.4, -0.2) is 22.8 Å². The number of carbonyl (C=O) groups excluding carboxylic acids is 2. The third kappa shape index (κ3) is 5.69. The molecule has 0 bridgehead atoms. The molecule has 1 heterocycles. The van der Waals surface area contributed by atoms with Crippen molar-refractivity contribution in [3.63, 3.8) is 0 Å². The van der Waals surface area contributed by atoms with Gasteiger partial charge >= 0.3 is 0 Å². The summed E-state index contributed by atoms with van der Waals surface area (Å²) in [5, 5.41) is 7.08. The summed E-state index contributed by atoms with van der Waals surface area (Å²) < 4.78 is 0. The van der Waals surface area contributed by atoms with Gasteiger partial charge in [0.15, 0.2) is 5.13 Å². The summed E-state index contributed by atoms with van der Waals surface area (Å²) in [5.74, 6) is -0.495. The Hall–Kier alpha value is -1.63. The van der Waals surface area contributed by atoms with E-state index in [1.54, 1.807) is 46.0 Å². The van der Waals surface area contributed by atoms with Crippen molar-refractivity contribution in [3.8, 4) is 0 Å². The highest BCUT2D eigenvalue weighted by Crippen LogP contribution is 2.27. The van der Waals surface area contributed by atoms with Gasteiger partial charge in [0.1, 0.15) is 6.04 Å². The molecule has 8 heteroatoms. The molecule has 0 aliphatic rings. The first kappa shape index (κ1) is 20.7. The molecular formula is C18H21Cl2N3O2S. The largest absolute Gasteiger partial charge is 0.344 e. The highest BCUT2D eigenvalue weighted by Gasteiger charge is 2.25. The van der Waals surface area contributed by atoms with E-state index in [1.165, 1.54) is 11.3 Å². The van der Waals surface area contributed by atoms with Crippen molar-refractivity contribution >= 4 is 51.5 Å². The van der Waals surface area contributed by atoms with Gasteiger partial charge in [0, 0.05) is 33.0 Å². The SMILES string of the molecule is CC(NC(=O)C(C)(C)C)C(=O)Nc1ncc(Cc2ccc(Cl)cc2Cl)s1. The number of amides is 2. The minimum absolute atomic E-state index is 0.183. The lowest BCUT2D eigenvalue weighted by Crippen LogP contribution is -2.46. The summed E-state index contributed by atoms with van der Waals surface area (Å²) in [6.07, 6.45) is 2.30. The van der Waals surface area contributed by atoms with Crippen molar-refractivity contribution in [1.82, 2.24) is 10.3 Å². The van der Waals surface area contributed by atoms with Crippen LogP contribution in [-0.2, 0) is 16.0 Å². The van der Waals surface area contributed by atoms with Crippen LogP contribution in [0.2, 0.25) is 10.0 Å². The second-order valence-corrected chi connectivity index (χ2v) is 8.94. The zero-order valence-electron chi connectivity index (χ0n) is 15.0. The van der Waals surface area contributed by atoms with E-state index in [-0.39, 0.29) is 11.8 Å². The van der Waals surface area contributed by atoms with Gasteiger partial charge < -0.3 is 10.6 Å². The minimum atomic E-state index is -0.653. The number of aromatic nitrogens is 1. The van der Waals surface area contributed by atoms with E-state index in [0.717, 1.165) is 10.4 Å². The van der Waals surface area contributed by atoms with E-state index in [0.29, 0.717) is 21.6 Å². The number of carbonyl (C=O) groups is 2. The molecule has 2 aromatic rings. The van der Waals surface area contributed by atoms with Crippen LogP contribution in [0, 0.1) is 5.41 Å². The van der Waals surface area contributed by atoms with Gasteiger partial charge in [-0.15, -0.1) is 11.3 Å². The van der Waals surface area contributed by atoms with Crippen molar-refractivity contribution in [3.05, 3.63) is 44.9 Å². The molecule has 0 aliphatic heterocycles. The number of nitrogens with zero attached hydrogens (tertiary/aromatic N) is 1. The molecule has 5 nitrogen and oxygen atoms in total. The standard InChI is InChI=1S/C18H21Cl2N3O2S/c1-10(22-16(25)18(2,3)4)15(24)23-17-21-9-13(26-17)7-11-5-6-12(19)8-14(11)20/h5-6,8-10H,7H2,1-4H3,(H,22,25)(H,21,23,24). The zero-order chi connectivity index (χ0) is 19.5. The Morgan fingerprint density at radius 2 is 1.96 bits per heavy atom. The number of hydrogen-bond donors (Lipinski definition) is 2. The highest BCUT2D eigenvalue weighted by molar-refractivity contribution is 7.15. The van der Waals surface area contributed by atoms with Crippen LogP contribution in [0.3, 0.4) is 0 Å². The number of hydrogen-bond acceptors (Lipinski definition) is 4. The molecule has 1 unspecified atom stereocenters. The molecule has 26 heavy (non-hydrogen) atoms. The van der Waals surface area contributed by atoms with Crippen LogP contribution in [0.5, 0.6) is 0 Å². The summed E-state index contributed by atoms with van der Waals surface area (Å²) >= 11 is 13.5. The van der Waals surface area contributed by atoms with Crippen LogP contribution in [0.4, 0.5) is 5.13 Å². The lowest BCUT2D eigenvalue weighted by atomic mass is 9.95. The Bertz CT molecular complexity index is 815. The number of halogens is 2. The van der Waals surface area contributed by atoms with Gasteiger partial charge in [-0.05, 0) is 24.6 Å². The topological polar surface area (TPSA) is 71.1 Å². The van der Waals surface area contributed by atoms with Crippen molar-refractivity contribution in [2.45, 2.75) is 40.2 Å². The fraction of sp³-hybridized carbons (Fsp3) is 0.389. The van der Waals surface area contributed by atoms with Gasteiger partial charge in [-0.25, -0.2) is 4.98 Å². The smallest absolute Gasteiger partial charge is 0.248 e. The van der Waals surface area contributed by atoms with Gasteiger partial charge in [0.2, 0.25) is 11.8 Å². The first-order chi connectivity index (χ1) is 12.1. The average Bonchev–Trinajstić information content (AvgIpc) is 2.96. The van der Waals surface area contributed by atoms with E-state index in [9.17, 15) is 9.59 Å². The third-order valence-corrected chi connectivity index (χ3v) is 5.09. The molecule has 2 rings (SSSR count). The summed E-state index contributed by atoms with van der Waals surface area (Å²) in [6.45, 7) is 7.02. The molecule has 0 fully saturated rings. The first-order valence-electron chi connectivity index (χ1n) is 8.06. The molecule has 2 N–H and O–H groups in total. The predicted octanol–water partition coefficient (Wildman–Crippen LogP) is 4.53. The monoisotopic (exact) mass is 413 g/mol. The molecule has 1 aromatic carbocycles. The van der Waals surface area contributed by atoms with E-state index < -0.39 is 11.5 Å². The molecule has 0 radical (unpaired) electrons. The van der Waals surface area contributed by atoms with Crippen LogP contribution < -0.4 is 10.6 Å². The third-order valence-electron chi connectivity index (χ3n) is 3.59. The van der Waals surface area contributed by atoms with Gasteiger partial charge in [-0.1, -0.05) is 50.0 Å². The van der Waals surface area contributed by atoms with Crippen LogP contribution in [0.25, 0.3) is 0 Å².